The molecule has 0 aliphatic heterocycles. The summed E-state index contributed by atoms with van der Waals surface area (Å²) in [5.74, 6) is 0.864. The maximum absolute atomic E-state index is 13.3. The molecule has 0 atom stereocenters. The van der Waals surface area contributed by atoms with Crippen LogP contribution in [0.5, 0.6) is 5.75 Å². The molecule has 0 aliphatic rings. The topological polar surface area (TPSA) is 59.2 Å². The molecular formula is C16H13FN2O2. The van der Waals surface area contributed by atoms with Crippen molar-refractivity contribution in [2.75, 3.05) is 0 Å². The van der Waals surface area contributed by atoms with Crippen LogP contribution in [0.4, 0.5) is 4.39 Å². The minimum absolute atomic E-state index is 0.215. The highest BCUT2D eigenvalue weighted by molar-refractivity contribution is 5.55. The van der Waals surface area contributed by atoms with Crippen molar-refractivity contribution in [2.24, 2.45) is 0 Å². The van der Waals surface area contributed by atoms with Gasteiger partial charge in [-0.1, -0.05) is 17.3 Å². The van der Waals surface area contributed by atoms with E-state index >= 15 is 0 Å². The molecule has 1 aromatic heterocycles. The van der Waals surface area contributed by atoms with Crippen molar-refractivity contribution in [3.63, 3.8) is 0 Å². The van der Waals surface area contributed by atoms with E-state index in [9.17, 15) is 9.50 Å². The summed E-state index contributed by atoms with van der Waals surface area (Å²) in [5.41, 5.74) is 2.21. The molecule has 0 fully saturated rings. The Bertz CT molecular complexity index is 766. The van der Waals surface area contributed by atoms with Gasteiger partial charge < -0.3 is 9.63 Å². The molecule has 21 heavy (non-hydrogen) atoms. The molecule has 0 amide bonds. The van der Waals surface area contributed by atoms with Crippen molar-refractivity contribution < 1.29 is 14.0 Å². The van der Waals surface area contributed by atoms with Crippen LogP contribution in [0.3, 0.4) is 0 Å². The van der Waals surface area contributed by atoms with E-state index in [-0.39, 0.29) is 11.6 Å². The van der Waals surface area contributed by atoms with Crippen LogP contribution in [-0.2, 0) is 6.42 Å². The average molecular weight is 284 g/mol. The van der Waals surface area contributed by atoms with Gasteiger partial charge in [0, 0.05) is 5.56 Å². The van der Waals surface area contributed by atoms with Gasteiger partial charge in [-0.05, 0) is 48.4 Å². The van der Waals surface area contributed by atoms with Gasteiger partial charge >= 0.3 is 0 Å². The first-order chi connectivity index (χ1) is 10.1. The van der Waals surface area contributed by atoms with Crippen LogP contribution in [0.2, 0.25) is 0 Å². The number of benzene rings is 2. The zero-order valence-electron chi connectivity index (χ0n) is 11.4. The van der Waals surface area contributed by atoms with Crippen LogP contribution in [0, 0.1) is 12.7 Å². The van der Waals surface area contributed by atoms with Crippen molar-refractivity contribution in [2.45, 2.75) is 13.3 Å². The molecule has 0 bridgehead atoms. The monoisotopic (exact) mass is 284 g/mol. The molecule has 4 nitrogen and oxygen atoms in total. The molecule has 0 spiro atoms. The standard InChI is InChI=1S/C16H13FN2O2/c1-10-8-12(4-7-14(10)17)16-18-15(21-19-16)9-11-2-5-13(20)6-3-11/h2-8,20H,9H2,1H3. The van der Waals surface area contributed by atoms with Gasteiger partial charge in [-0.2, -0.15) is 4.98 Å². The summed E-state index contributed by atoms with van der Waals surface area (Å²) >= 11 is 0. The van der Waals surface area contributed by atoms with Gasteiger partial charge in [0.15, 0.2) is 0 Å². The molecule has 0 saturated carbocycles. The van der Waals surface area contributed by atoms with Gasteiger partial charge in [-0.25, -0.2) is 4.39 Å². The van der Waals surface area contributed by atoms with Crippen molar-refractivity contribution >= 4 is 0 Å². The first-order valence-corrected chi connectivity index (χ1v) is 6.49. The number of phenols is 1. The molecule has 106 valence electrons. The van der Waals surface area contributed by atoms with E-state index in [0.717, 1.165) is 11.1 Å². The first-order valence-electron chi connectivity index (χ1n) is 6.49. The molecule has 0 unspecified atom stereocenters. The quantitative estimate of drug-likeness (QED) is 0.800. The van der Waals surface area contributed by atoms with Gasteiger partial charge in [0.05, 0.1) is 6.42 Å². The molecular weight excluding hydrogens is 271 g/mol. The number of aromatic nitrogens is 2. The van der Waals surface area contributed by atoms with E-state index in [1.54, 1.807) is 43.3 Å². The second-order valence-electron chi connectivity index (χ2n) is 4.82. The highest BCUT2D eigenvalue weighted by Crippen LogP contribution is 2.20. The lowest BCUT2D eigenvalue weighted by molar-refractivity contribution is 0.385. The number of nitrogens with zero attached hydrogens (tertiary/aromatic N) is 2. The molecule has 0 aliphatic carbocycles. The molecule has 5 heteroatoms. The first kappa shape index (κ1) is 13.3. The third-order valence-corrected chi connectivity index (χ3v) is 3.18. The highest BCUT2D eigenvalue weighted by atomic mass is 19.1. The SMILES string of the molecule is Cc1cc(-c2noc(Cc3ccc(O)cc3)n2)ccc1F. The number of rotatable bonds is 3. The van der Waals surface area contributed by atoms with Crippen molar-refractivity contribution in [1.82, 2.24) is 10.1 Å². The third kappa shape index (κ3) is 2.91. The molecule has 0 saturated heterocycles. The van der Waals surface area contributed by atoms with Gasteiger partial charge in [0.25, 0.3) is 0 Å². The number of halogens is 1. The summed E-state index contributed by atoms with van der Waals surface area (Å²) in [7, 11) is 0. The van der Waals surface area contributed by atoms with Crippen LogP contribution in [0.25, 0.3) is 11.4 Å². The lowest BCUT2D eigenvalue weighted by Gasteiger charge is -1.98. The van der Waals surface area contributed by atoms with E-state index in [1.807, 2.05) is 0 Å². The second-order valence-corrected chi connectivity index (χ2v) is 4.82. The Morgan fingerprint density at radius 3 is 2.62 bits per heavy atom. The molecule has 1 heterocycles. The Balaban J connectivity index is 1.82. The number of phenolic OH excluding ortho intramolecular Hbond substituents is 1. The van der Waals surface area contributed by atoms with Crippen LogP contribution >= 0.6 is 0 Å². The van der Waals surface area contributed by atoms with Gasteiger partial charge in [0.1, 0.15) is 11.6 Å². The fraction of sp³-hybridized carbons (Fsp3) is 0.125. The number of hydrogen-bond acceptors (Lipinski definition) is 4. The molecule has 3 rings (SSSR count). The van der Waals surface area contributed by atoms with E-state index in [4.69, 9.17) is 4.52 Å². The summed E-state index contributed by atoms with van der Waals surface area (Å²) < 4.78 is 18.5. The van der Waals surface area contributed by atoms with Crippen LogP contribution in [0.1, 0.15) is 17.0 Å². The van der Waals surface area contributed by atoms with Gasteiger partial charge in [0.2, 0.25) is 11.7 Å². The number of aryl methyl sites for hydroxylation is 1. The maximum atomic E-state index is 13.3. The summed E-state index contributed by atoms with van der Waals surface area (Å²) in [5, 5.41) is 13.2. The predicted octanol–water partition coefficient (Wildman–Crippen LogP) is 3.48. The number of aromatic hydroxyl groups is 1. The van der Waals surface area contributed by atoms with E-state index < -0.39 is 0 Å². The summed E-state index contributed by atoms with van der Waals surface area (Å²) in [6.45, 7) is 1.69. The van der Waals surface area contributed by atoms with Crippen LogP contribution < -0.4 is 0 Å². The predicted molar refractivity (Wildman–Crippen MR) is 75.3 cm³/mol. The summed E-state index contributed by atoms with van der Waals surface area (Å²) in [6.07, 6.45) is 0.480. The smallest absolute Gasteiger partial charge is 0.231 e. The summed E-state index contributed by atoms with van der Waals surface area (Å²) in [6, 6.07) is 11.5. The molecule has 2 aromatic carbocycles. The van der Waals surface area contributed by atoms with E-state index in [1.165, 1.54) is 6.07 Å². The van der Waals surface area contributed by atoms with Gasteiger partial charge in [-0.3, -0.25) is 0 Å². The van der Waals surface area contributed by atoms with Gasteiger partial charge in [-0.15, -0.1) is 0 Å². The van der Waals surface area contributed by atoms with Crippen LogP contribution in [-0.4, -0.2) is 15.2 Å². The zero-order valence-corrected chi connectivity index (χ0v) is 11.4. The van der Waals surface area contributed by atoms with Crippen LogP contribution in [0.15, 0.2) is 47.0 Å². The largest absolute Gasteiger partial charge is 0.508 e. The third-order valence-electron chi connectivity index (χ3n) is 3.18. The summed E-state index contributed by atoms with van der Waals surface area (Å²) in [4.78, 5) is 4.31. The minimum Gasteiger partial charge on any atom is -0.508 e. The van der Waals surface area contributed by atoms with Crippen molar-refractivity contribution in [3.05, 3.63) is 65.3 Å². The maximum Gasteiger partial charge on any atom is 0.231 e. The molecule has 1 N–H and O–H groups in total. The number of hydrogen-bond donors (Lipinski definition) is 1. The Morgan fingerprint density at radius 2 is 1.90 bits per heavy atom. The van der Waals surface area contributed by atoms with E-state index in [2.05, 4.69) is 10.1 Å². The fourth-order valence-electron chi connectivity index (χ4n) is 2.02. The van der Waals surface area contributed by atoms with Crippen molar-refractivity contribution in [1.29, 1.82) is 0 Å². The fourth-order valence-corrected chi connectivity index (χ4v) is 2.02. The second kappa shape index (κ2) is 5.36. The Kier molecular flexibility index (Phi) is 3.39. The Labute approximate surface area is 120 Å². The van der Waals surface area contributed by atoms with E-state index in [0.29, 0.717) is 23.7 Å². The Hall–Kier alpha value is -2.69. The zero-order chi connectivity index (χ0) is 14.8. The minimum atomic E-state index is -0.258. The Morgan fingerprint density at radius 1 is 1.14 bits per heavy atom. The normalized spacial score (nSPS) is 10.8. The molecule has 3 aromatic rings. The molecule has 0 radical (unpaired) electrons. The highest BCUT2D eigenvalue weighted by Gasteiger charge is 2.10. The lowest BCUT2D eigenvalue weighted by atomic mass is 10.1. The average Bonchev–Trinajstić information content (AvgIpc) is 2.93. The lowest BCUT2D eigenvalue weighted by Crippen LogP contribution is -1.89. The van der Waals surface area contributed by atoms with Crippen molar-refractivity contribution in [3.8, 4) is 17.1 Å².